The van der Waals surface area contributed by atoms with Crippen LogP contribution in [0.5, 0.6) is 0 Å². The van der Waals surface area contributed by atoms with Gasteiger partial charge in [-0.25, -0.2) is 0 Å². The zero-order valence-corrected chi connectivity index (χ0v) is 21.5. The molecule has 2 amide bonds. The molecule has 0 unspecified atom stereocenters. The van der Waals surface area contributed by atoms with E-state index < -0.39 is 0 Å². The molecule has 2 saturated heterocycles. The lowest BCUT2D eigenvalue weighted by Gasteiger charge is -2.37. The van der Waals surface area contributed by atoms with E-state index in [2.05, 4.69) is 9.80 Å². The number of carbonyl (C=O) groups excluding carboxylic acids is 2. The molecule has 0 bridgehead atoms. The van der Waals surface area contributed by atoms with Crippen LogP contribution in [0.4, 0.5) is 11.4 Å². The molecule has 0 spiro atoms. The predicted octanol–water partition coefficient (Wildman–Crippen LogP) is 4.92. The lowest BCUT2D eigenvalue weighted by atomic mass is 10.0. The van der Waals surface area contributed by atoms with Crippen LogP contribution in [-0.2, 0) is 0 Å². The van der Waals surface area contributed by atoms with Gasteiger partial charge in [0, 0.05) is 73.8 Å². The molecule has 2 aliphatic rings. The Bertz CT molecular complexity index is 1120. The van der Waals surface area contributed by atoms with Gasteiger partial charge in [-0.05, 0) is 60.7 Å². The fourth-order valence-corrected chi connectivity index (χ4v) is 5.09. The van der Waals surface area contributed by atoms with Crippen molar-refractivity contribution in [3.8, 4) is 0 Å². The highest BCUT2D eigenvalue weighted by molar-refractivity contribution is 6.30. The van der Waals surface area contributed by atoms with E-state index in [0.717, 1.165) is 37.6 Å². The number of hydrogen-bond donors (Lipinski definition) is 0. The van der Waals surface area contributed by atoms with Crippen molar-refractivity contribution in [1.82, 2.24) is 9.80 Å². The topological polar surface area (TPSA) is 47.1 Å². The minimum atomic E-state index is -0.0884. The summed E-state index contributed by atoms with van der Waals surface area (Å²) in [6.07, 6.45) is 0. The number of piperazine rings is 2. The number of benzene rings is 3. The Hall–Kier alpha value is -3.22. The minimum Gasteiger partial charge on any atom is -0.368 e. The predicted molar refractivity (Wildman–Crippen MR) is 146 cm³/mol. The van der Waals surface area contributed by atoms with Crippen molar-refractivity contribution in [2.24, 2.45) is 0 Å². The first kappa shape index (κ1) is 24.5. The number of hydrogen-bond acceptors (Lipinski definition) is 4. The number of carbonyl (C=O) groups is 2. The van der Waals surface area contributed by atoms with Gasteiger partial charge in [0.2, 0.25) is 0 Å². The van der Waals surface area contributed by atoms with E-state index in [-0.39, 0.29) is 11.8 Å². The maximum absolute atomic E-state index is 13.5. The van der Waals surface area contributed by atoms with Crippen LogP contribution in [0.25, 0.3) is 0 Å². The van der Waals surface area contributed by atoms with Crippen LogP contribution in [0, 0.1) is 0 Å². The van der Waals surface area contributed by atoms with Crippen LogP contribution < -0.4 is 9.80 Å². The second-order valence-corrected chi connectivity index (χ2v) is 9.93. The number of rotatable bonds is 4. The summed E-state index contributed by atoms with van der Waals surface area (Å²) in [5.41, 5.74) is 3.14. The smallest absolute Gasteiger partial charge is 0.254 e. The van der Waals surface area contributed by atoms with Crippen LogP contribution >= 0.6 is 23.2 Å². The molecule has 5 rings (SSSR count). The highest BCUT2D eigenvalue weighted by Gasteiger charge is 2.29. The summed E-state index contributed by atoms with van der Waals surface area (Å²) >= 11 is 12.0. The fourth-order valence-electron chi connectivity index (χ4n) is 4.84. The normalized spacial score (nSPS) is 16.3. The van der Waals surface area contributed by atoms with Gasteiger partial charge in [-0.1, -0.05) is 35.3 Å². The largest absolute Gasteiger partial charge is 0.368 e. The summed E-state index contributed by atoms with van der Waals surface area (Å²) in [6.45, 7) is 5.33. The number of amides is 2. The van der Waals surface area contributed by atoms with Gasteiger partial charge in [0.1, 0.15) is 0 Å². The molecule has 36 heavy (non-hydrogen) atoms. The van der Waals surface area contributed by atoms with Crippen LogP contribution in [0.3, 0.4) is 0 Å². The van der Waals surface area contributed by atoms with Crippen molar-refractivity contribution >= 4 is 46.4 Å². The van der Waals surface area contributed by atoms with Crippen LogP contribution in [-0.4, -0.2) is 74.0 Å². The Morgan fingerprint density at radius 1 is 0.500 bits per heavy atom. The van der Waals surface area contributed by atoms with E-state index in [1.807, 2.05) is 70.5 Å². The molecule has 2 fully saturated rings. The lowest BCUT2D eigenvalue weighted by Crippen LogP contribution is -2.50. The molecule has 0 saturated carbocycles. The third-order valence-corrected chi connectivity index (χ3v) is 7.41. The Morgan fingerprint density at radius 3 is 1.17 bits per heavy atom. The monoisotopic (exact) mass is 522 g/mol. The maximum atomic E-state index is 13.5. The molecule has 6 nitrogen and oxygen atoms in total. The zero-order valence-electron chi connectivity index (χ0n) is 19.9. The molecular weight excluding hydrogens is 495 g/mol. The van der Waals surface area contributed by atoms with Crippen molar-refractivity contribution in [2.75, 3.05) is 62.2 Å². The summed E-state index contributed by atoms with van der Waals surface area (Å²) in [4.78, 5) is 35.1. The summed E-state index contributed by atoms with van der Waals surface area (Å²) in [5, 5.41) is 1.42. The molecule has 0 aromatic heterocycles. The first-order valence-electron chi connectivity index (χ1n) is 12.2. The third-order valence-electron chi connectivity index (χ3n) is 6.91. The average molecular weight is 523 g/mol. The molecule has 3 aromatic rings. The maximum Gasteiger partial charge on any atom is 0.254 e. The van der Waals surface area contributed by atoms with Crippen molar-refractivity contribution < 1.29 is 9.59 Å². The van der Waals surface area contributed by atoms with E-state index >= 15 is 0 Å². The summed E-state index contributed by atoms with van der Waals surface area (Å²) in [5.74, 6) is -0.177. The van der Waals surface area contributed by atoms with Gasteiger partial charge < -0.3 is 19.6 Å². The molecule has 0 atom stereocenters. The first-order valence-corrected chi connectivity index (χ1v) is 12.9. The van der Waals surface area contributed by atoms with E-state index in [0.29, 0.717) is 47.4 Å². The fraction of sp³-hybridized carbons (Fsp3) is 0.286. The van der Waals surface area contributed by atoms with Gasteiger partial charge in [0.15, 0.2) is 0 Å². The summed E-state index contributed by atoms with van der Waals surface area (Å²) < 4.78 is 0. The van der Waals surface area contributed by atoms with Crippen LogP contribution in [0.1, 0.15) is 20.7 Å². The average Bonchev–Trinajstić information content (AvgIpc) is 2.93. The Balaban J connectivity index is 1.22. The van der Waals surface area contributed by atoms with Gasteiger partial charge >= 0.3 is 0 Å². The van der Waals surface area contributed by atoms with Crippen molar-refractivity contribution in [2.45, 2.75) is 0 Å². The zero-order chi connectivity index (χ0) is 25.1. The lowest BCUT2D eigenvalue weighted by molar-refractivity contribution is 0.0707. The van der Waals surface area contributed by atoms with E-state index in [1.54, 1.807) is 12.1 Å². The van der Waals surface area contributed by atoms with Gasteiger partial charge in [0.05, 0.1) is 11.1 Å². The molecule has 0 N–H and O–H groups in total. The molecular formula is C28H28Cl2N4O2. The van der Waals surface area contributed by atoms with Crippen molar-refractivity contribution in [3.05, 3.63) is 94.0 Å². The Labute approximate surface area is 221 Å². The van der Waals surface area contributed by atoms with E-state index in [1.165, 1.54) is 0 Å². The molecule has 2 aliphatic heterocycles. The van der Waals surface area contributed by atoms with E-state index in [4.69, 9.17) is 23.2 Å². The third kappa shape index (κ3) is 5.30. The standard InChI is InChI=1S/C28H28Cl2N4O2/c29-21-5-9-23(10-6-21)31-13-17-33(18-14-31)27(35)25-3-1-2-4-26(25)28(36)34-19-15-32(16-20-34)24-11-7-22(30)8-12-24/h1-12H,13-20H2. The molecule has 0 radical (unpaired) electrons. The van der Waals surface area contributed by atoms with Gasteiger partial charge in [0.25, 0.3) is 11.8 Å². The Morgan fingerprint density at radius 2 is 0.833 bits per heavy atom. The van der Waals surface area contributed by atoms with Crippen LogP contribution in [0.2, 0.25) is 10.0 Å². The van der Waals surface area contributed by atoms with Crippen molar-refractivity contribution in [3.63, 3.8) is 0 Å². The van der Waals surface area contributed by atoms with Crippen molar-refractivity contribution in [1.29, 1.82) is 0 Å². The quantitative estimate of drug-likeness (QED) is 0.487. The molecule has 2 heterocycles. The molecule has 186 valence electrons. The number of nitrogens with zero attached hydrogens (tertiary/aromatic N) is 4. The number of anilines is 2. The summed E-state index contributed by atoms with van der Waals surface area (Å²) in [7, 11) is 0. The first-order chi connectivity index (χ1) is 17.5. The number of halogens is 2. The molecule has 3 aromatic carbocycles. The summed E-state index contributed by atoms with van der Waals surface area (Å²) in [6, 6.07) is 22.7. The van der Waals surface area contributed by atoms with Gasteiger partial charge in [-0.2, -0.15) is 0 Å². The highest BCUT2D eigenvalue weighted by atomic mass is 35.5. The minimum absolute atomic E-state index is 0.0884. The van der Waals surface area contributed by atoms with Crippen LogP contribution in [0.15, 0.2) is 72.8 Å². The van der Waals surface area contributed by atoms with Gasteiger partial charge in [-0.15, -0.1) is 0 Å². The van der Waals surface area contributed by atoms with Gasteiger partial charge in [-0.3, -0.25) is 9.59 Å². The highest BCUT2D eigenvalue weighted by Crippen LogP contribution is 2.23. The molecule has 8 heteroatoms. The second kappa shape index (κ2) is 10.8. The SMILES string of the molecule is O=C(c1ccccc1C(=O)N1CCN(c2ccc(Cl)cc2)CC1)N1CCN(c2ccc(Cl)cc2)CC1. The second-order valence-electron chi connectivity index (χ2n) is 9.06. The molecule has 0 aliphatic carbocycles. The Kier molecular flexibility index (Phi) is 7.35. The van der Waals surface area contributed by atoms with E-state index in [9.17, 15) is 9.59 Å².